The van der Waals surface area contributed by atoms with Crippen molar-refractivity contribution in [2.45, 2.75) is 64.5 Å². The normalized spacial score (nSPS) is 32.0. The number of hydrogen-bond donors (Lipinski definition) is 0. The van der Waals surface area contributed by atoms with E-state index in [-0.39, 0.29) is 18.3 Å². The van der Waals surface area contributed by atoms with E-state index in [4.69, 9.17) is 9.31 Å². The van der Waals surface area contributed by atoms with E-state index in [0.717, 1.165) is 6.32 Å². The SMILES string of the molecule is CC1(C)OB(CC2C=CCCC2)OC1(C)C. The highest BCUT2D eigenvalue weighted by Gasteiger charge is 2.51. The Morgan fingerprint density at radius 1 is 1.19 bits per heavy atom. The molecule has 1 aliphatic heterocycles. The van der Waals surface area contributed by atoms with Crippen molar-refractivity contribution in [1.29, 1.82) is 0 Å². The summed E-state index contributed by atoms with van der Waals surface area (Å²) in [7, 11) is -0.0299. The van der Waals surface area contributed by atoms with Crippen LogP contribution in [0.2, 0.25) is 6.32 Å². The fraction of sp³-hybridized carbons (Fsp3) is 0.846. The highest BCUT2D eigenvalue weighted by molar-refractivity contribution is 6.45. The third-order valence-corrected chi connectivity index (χ3v) is 4.15. The summed E-state index contributed by atoms with van der Waals surface area (Å²) in [5.41, 5.74) is -0.369. The highest BCUT2D eigenvalue weighted by atomic mass is 16.7. The van der Waals surface area contributed by atoms with Crippen LogP contribution in [0.3, 0.4) is 0 Å². The second kappa shape index (κ2) is 4.19. The molecule has 1 heterocycles. The Bertz CT molecular complexity index is 268. The van der Waals surface area contributed by atoms with Gasteiger partial charge < -0.3 is 9.31 Å². The van der Waals surface area contributed by atoms with Gasteiger partial charge in [0.2, 0.25) is 0 Å². The molecular formula is C13H23BO2. The first kappa shape index (κ1) is 12.2. The molecule has 0 radical (unpaired) electrons. The smallest absolute Gasteiger partial charge is 0.403 e. The zero-order valence-corrected chi connectivity index (χ0v) is 11.0. The molecule has 2 aliphatic rings. The zero-order valence-electron chi connectivity index (χ0n) is 11.0. The van der Waals surface area contributed by atoms with Crippen molar-refractivity contribution in [2.24, 2.45) is 5.92 Å². The molecule has 0 aromatic carbocycles. The van der Waals surface area contributed by atoms with Gasteiger partial charge in [-0.15, -0.1) is 0 Å². The summed E-state index contributed by atoms with van der Waals surface area (Å²) in [5.74, 6) is 0.642. The average molecular weight is 222 g/mol. The van der Waals surface area contributed by atoms with Gasteiger partial charge in [0.05, 0.1) is 11.2 Å². The quantitative estimate of drug-likeness (QED) is 0.526. The minimum atomic E-state index is -0.184. The van der Waals surface area contributed by atoms with Crippen molar-refractivity contribution in [2.75, 3.05) is 0 Å². The first-order valence-electron chi connectivity index (χ1n) is 6.43. The second-order valence-electron chi connectivity index (χ2n) is 6.04. The molecule has 1 fully saturated rings. The average Bonchev–Trinajstić information content (AvgIpc) is 2.36. The molecule has 0 amide bonds. The maximum Gasteiger partial charge on any atom is 0.458 e. The van der Waals surface area contributed by atoms with Crippen LogP contribution in [0.15, 0.2) is 12.2 Å². The summed E-state index contributed by atoms with van der Waals surface area (Å²) in [4.78, 5) is 0. The van der Waals surface area contributed by atoms with Gasteiger partial charge in [-0.05, 0) is 59.2 Å². The van der Waals surface area contributed by atoms with Crippen LogP contribution in [-0.2, 0) is 9.31 Å². The van der Waals surface area contributed by atoms with E-state index >= 15 is 0 Å². The molecule has 1 atom stereocenters. The molecule has 0 bridgehead atoms. The molecule has 0 spiro atoms. The molecule has 1 saturated heterocycles. The Balaban J connectivity index is 1.93. The van der Waals surface area contributed by atoms with Crippen molar-refractivity contribution >= 4 is 7.12 Å². The van der Waals surface area contributed by atoms with Gasteiger partial charge in [0.1, 0.15) is 0 Å². The van der Waals surface area contributed by atoms with Crippen LogP contribution >= 0.6 is 0 Å². The standard InChI is InChI=1S/C13H23BO2/c1-12(2)13(3,4)16-14(15-12)10-11-8-6-5-7-9-11/h6,8,11H,5,7,9-10H2,1-4H3. The summed E-state index contributed by atoms with van der Waals surface area (Å²) in [6.07, 6.45) is 9.44. The lowest BCUT2D eigenvalue weighted by Crippen LogP contribution is -2.41. The number of rotatable bonds is 2. The summed E-state index contributed by atoms with van der Waals surface area (Å²) < 4.78 is 12.0. The Kier molecular flexibility index (Phi) is 3.19. The van der Waals surface area contributed by atoms with Gasteiger partial charge in [0.15, 0.2) is 0 Å². The van der Waals surface area contributed by atoms with Crippen molar-refractivity contribution in [3.8, 4) is 0 Å². The molecule has 1 aliphatic carbocycles. The molecule has 2 nitrogen and oxygen atoms in total. The maximum absolute atomic E-state index is 6.01. The molecule has 0 saturated carbocycles. The Labute approximate surface area is 99.5 Å². The van der Waals surface area contributed by atoms with Gasteiger partial charge in [-0.25, -0.2) is 0 Å². The molecule has 3 heteroatoms. The van der Waals surface area contributed by atoms with Crippen LogP contribution < -0.4 is 0 Å². The van der Waals surface area contributed by atoms with Crippen molar-refractivity contribution < 1.29 is 9.31 Å². The fourth-order valence-corrected chi connectivity index (χ4v) is 2.39. The molecule has 0 N–H and O–H groups in total. The fourth-order valence-electron chi connectivity index (χ4n) is 2.39. The predicted molar refractivity (Wildman–Crippen MR) is 67.4 cm³/mol. The molecule has 16 heavy (non-hydrogen) atoms. The van der Waals surface area contributed by atoms with E-state index in [1.54, 1.807) is 0 Å². The van der Waals surface area contributed by atoms with Crippen molar-refractivity contribution in [3.63, 3.8) is 0 Å². The topological polar surface area (TPSA) is 18.5 Å². The molecule has 0 aromatic rings. The lowest BCUT2D eigenvalue weighted by Gasteiger charge is -2.32. The second-order valence-corrected chi connectivity index (χ2v) is 6.04. The van der Waals surface area contributed by atoms with E-state index in [2.05, 4.69) is 39.8 Å². The van der Waals surface area contributed by atoms with Crippen LogP contribution in [0.4, 0.5) is 0 Å². The molecule has 90 valence electrons. The Morgan fingerprint density at radius 2 is 1.81 bits per heavy atom. The zero-order chi connectivity index (χ0) is 11.8. The van der Waals surface area contributed by atoms with E-state index < -0.39 is 0 Å². The van der Waals surface area contributed by atoms with Crippen molar-refractivity contribution in [3.05, 3.63) is 12.2 Å². The van der Waals surface area contributed by atoms with E-state index in [9.17, 15) is 0 Å². The summed E-state index contributed by atoms with van der Waals surface area (Å²) in [6.45, 7) is 8.46. The Hall–Kier alpha value is -0.275. The predicted octanol–water partition coefficient (Wildman–Crippen LogP) is 3.43. The van der Waals surface area contributed by atoms with Crippen LogP contribution in [0, 0.1) is 5.92 Å². The van der Waals surface area contributed by atoms with Crippen LogP contribution in [0.25, 0.3) is 0 Å². The third kappa shape index (κ3) is 2.35. The Morgan fingerprint density at radius 3 is 2.31 bits per heavy atom. The summed E-state index contributed by atoms with van der Waals surface area (Å²) in [6, 6.07) is 0. The monoisotopic (exact) mass is 222 g/mol. The van der Waals surface area contributed by atoms with Crippen molar-refractivity contribution in [1.82, 2.24) is 0 Å². The lowest BCUT2D eigenvalue weighted by atomic mass is 9.74. The minimum Gasteiger partial charge on any atom is -0.403 e. The van der Waals surface area contributed by atoms with E-state index in [1.807, 2.05) is 0 Å². The van der Waals surface area contributed by atoms with Gasteiger partial charge >= 0.3 is 7.12 Å². The molecule has 0 aromatic heterocycles. The van der Waals surface area contributed by atoms with Gasteiger partial charge in [-0.2, -0.15) is 0 Å². The molecule has 1 unspecified atom stereocenters. The van der Waals surface area contributed by atoms with Crippen LogP contribution in [0.5, 0.6) is 0 Å². The number of hydrogen-bond acceptors (Lipinski definition) is 2. The van der Waals surface area contributed by atoms with Gasteiger partial charge in [-0.1, -0.05) is 12.2 Å². The van der Waals surface area contributed by atoms with E-state index in [1.165, 1.54) is 19.3 Å². The van der Waals surface area contributed by atoms with Crippen LogP contribution in [-0.4, -0.2) is 18.3 Å². The van der Waals surface area contributed by atoms with Gasteiger partial charge in [0, 0.05) is 0 Å². The molecular weight excluding hydrogens is 199 g/mol. The molecule has 2 rings (SSSR count). The summed E-state index contributed by atoms with van der Waals surface area (Å²) in [5, 5.41) is 0. The maximum atomic E-state index is 6.01. The van der Waals surface area contributed by atoms with E-state index in [0.29, 0.717) is 5.92 Å². The van der Waals surface area contributed by atoms with Gasteiger partial charge in [0.25, 0.3) is 0 Å². The van der Waals surface area contributed by atoms with Crippen LogP contribution in [0.1, 0.15) is 47.0 Å². The lowest BCUT2D eigenvalue weighted by molar-refractivity contribution is 0.00578. The highest BCUT2D eigenvalue weighted by Crippen LogP contribution is 2.39. The largest absolute Gasteiger partial charge is 0.458 e. The number of allylic oxidation sites excluding steroid dienone is 2. The minimum absolute atomic E-state index is 0.0299. The van der Waals surface area contributed by atoms with Gasteiger partial charge in [-0.3, -0.25) is 0 Å². The third-order valence-electron chi connectivity index (χ3n) is 4.15. The summed E-state index contributed by atoms with van der Waals surface area (Å²) >= 11 is 0. The first-order valence-corrected chi connectivity index (χ1v) is 6.43. The first-order chi connectivity index (χ1) is 7.41.